The van der Waals surface area contributed by atoms with Gasteiger partial charge in [-0.2, -0.15) is 0 Å². The van der Waals surface area contributed by atoms with Crippen LogP contribution in [0, 0.1) is 6.92 Å². The fourth-order valence-corrected chi connectivity index (χ4v) is 5.53. The van der Waals surface area contributed by atoms with Crippen molar-refractivity contribution in [1.29, 1.82) is 0 Å². The molecule has 2 N–H and O–H groups in total. The first-order chi connectivity index (χ1) is 16.5. The summed E-state index contributed by atoms with van der Waals surface area (Å²) in [5.74, 6) is -2.11. The fraction of sp³-hybridized carbons (Fsp3) is 0.481. The van der Waals surface area contributed by atoms with Crippen molar-refractivity contribution in [3.63, 3.8) is 0 Å². The SMILES string of the molecule is CC[C@H]1CCC(C)N1Cc1ccc(C(=O)NC(CCS(C)(=O)=O)C(=O)O)c(-c2ccccc2C)c1. The number of sulfone groups is 1. The van der Waals surface area contributed by atoms with Crippen LogP contribution < -0.4 is 5.32 Å². The van der Waals surface area contributed by atoms with E-state index in [0.29, 0.717) is 17.6 Å². The van der Waals surface area contributed by atoms with Crippen LogP contribution in [0.5, 0.6) is 0 Å². The van der Waals surface area contributed by atoms with Crippen LogP contribution in [0.2, 0.25) is 0 Å². The van der Waals surface area contributed by atoms with Crippen molar-refractivity contribution in [1.82, 2.24) is 10.2 Å². The van der Waals surface area contributed by atoms with Crippen molar-refractivity contribution in [2.45, 2.75) is 71.1 Å². The molecule has 0 bridgehead atoms. The molecule has 35 heavy (non-hydrogen) atoms. The van der Waals surface area contributed by atoms with Gasteiger partial charge >= 0.3 is 5.97 Å². The molecule has 1 amide bonds. The number of benzene rings is 2. The maximum Gasteiger partial charge on any atom is 0.326 e. The van der Waals surface area contributed by atoms with Gasteiger partial charge in [0, 0.05) is 30.4 Å². The third kappa shape index (κ3) is 6.92. The van der Waals surface area contributed by atoms with E-state index in [-0.39, 0.29) is 12.2 Å². The molecule has 1 saturated heterocycles. The number of carboxylic acids is 1. The van der Waals surface area contributed by atoms with Gasteiger partial charge in [0.25, 0.3) is 5.91 Å². The van der Waals surface area contributed by atoms with E-state index < -0.39 is 27.8 Å². The van der Waals surface area contributed by atoms with E-state index in [0.717, 1.165) is 41.5 Å². The molecule has 2 aromatic carbocycles. The first-order valence-electron chi connectivity index (χ1n) is 12.2. The summed E-state index contributed by atoms with van der Waals surface area (Å²) in [6.07, 6.45) is 4.32. The summed E-state index contributed by atoms with van der Waals surface area (Å²) >= 11 is 0. The molecule has 1 fully saturated rings. The highest BCUT2D eigenvalue weighted by Gasteiger charge is 2.29. The molecule has 3 atom stereocenters. The van der Waals surface area contributed by atoms with Gasteiger partial charge in [0.15, 0.2) is 0 Å². The van der Waals surface area contributed by atoms with Crippen LogP contribution in [-0.2, 0) is 21.2 Å². The van der Waals surface area contributed by atoms with E-state index in [1.165, 1.54) is 12.8 Å². The molecule has 1 aliphatic heterocycles. The number of carbonyl (C=O) groups is 2. The highest BCUT2D eigenvalue weighted by molar-refractivity contribution is 7.90. The predicted molar refractivity (Wildman–Crippen MR) is 138 cm³/mol. The van der Waals surface area contributed by atoms with Crippen molar-refractivity contribution < 1.29 is 23.1 Å². The molecule has 2 unspecified atom stereocenters. The van der Waals surface area contributed by atoms with Gasteiger partial charge in [0.2, 0.25) is 0 Å². The molecule has 0 aliphatic carbocycles. The lowest BCUT2D eigenvalue weighted by molar-refractivity contribution is -0.139. The monoisotopic (exact) mass is 500 g/mol. The molecule has 0 radical (unpaired) electrons. The van der Waals surface area contributed by atoms with E-state index in [1.807, 2.05) is 43.3 Å². The highest BCUT2D eigenvalue weighted by atomic mass is 32.2. The van der Waals surface area contributed by atoms with Gasteiger partial charge < -0.3 is 10.4 Å². The third-order valence-electron chi connectivity index (χ3n) is 6.93. The highest BCUT2D eigenvalue weighted by Crippen LogP contribution is 2.32. The zero-order valence-electron chi connectivity index (χ0n) is 21.0. The number of hydrogen-bond acceptors (Lipinski definition) is 5. The molecule has 7 nitrogen and oxygen atoms in total. The number of carbonyl (C=O) groups excluding carboxylic acids is 1. The maximum atomic E-state index is 13.3. The van der Waals surface area contributed by atoms with Gasteiger partial charge in [-0.3, -0.25) is 9.69 Å². The number of aryl methyl sites for hydroxylation is 1. The largest absolute Gasteiger partial charge is 0.480 e. The number of amides is 1. The Labute approximate surface area is 208 Å². The number of nitrogens with zero attached hydrogens (tertiary/aromatic N) is 1. The Morgan fingerprint density at radius 3 is 2.49 bits per heavy atom. The Kier molecular flexibility index (Phi) is 8.72. The normalized spacial score (nSPS) is 19.4. The number of hydrogen-bond donors (Lipinski definition) is 2. The number of rotatable bonds is 10. The van der Waals surface area contributed by atoms with E-state index in [4.69, 9.17) is 0 Å². The lowest BCUT2D eigenvalue weighted by atomic mass is 9.93. The summed E-state index contributed by atoms with van der Waals surface area (Å²) in [5, 5.41) is 12.1. The molecule has 1 aliphatic rings. The third-order valence-corrected chi connectivity index (χ3v) is 7.91. The number of likely N-dealkylation sites (tertiary alicyclic amines) is 1. The van der Waals surface area contributed by atoms with Crippen molar-refractivity contribution in [2.75, 3.05) is 12.0 Å². The molecule has 0 saturated carbocycles. The van der Waals surface area contributed by atoms with Crippen LogP contribution in [0.25, 0.3) is 11.1 Å². The lowest BCUT2D eigenvalue weighted by Crippen LogP contribution is -2.42. The fourth-order valence-electron chi connectivity index (χ4n) is 4.87. The van der Waals surface area contributed by atoms with Gasteiger partial charge in [-0.15, -0.1) is 0 Å². The van der Waals surface area contributed by atoms with Gasteiger partial charge in [0.05, 0.1) is 5.75 Å². The molecule has 1 heterocycles. The Hall–Kier alpha value is -2.71. The van der Waals surface area contributed by atoms with Crippen LogP contribution in [0.15, 0.2) is 42.5 Å². The Bertz CT molecular complexity index is 1180. The molecular formula is C27H36N2O5S. The van der Waals surface area contributed by atoms with Crippen molar-refractivity contribution >= 4 is 21.7 Å². The molecule has 0 aromatic heterocycles. The summed E-state index contributed by atoms with van der Waals surface area (Å²) in [7, 11) is -3.36. The molecule has 8 heteroatoms. The summed E-state index contributed by atoms with van der Waals surface area (Å²) in [4.78, 5) is 27.5. The Balaban J connectivity index is 1.95. The van der Waals surface area contributed by atoms with Crippen molar-refractivity contribution in [3.05, 3.63) is 59.2 Å². The second kappa shape index (κ2) is 11.4. The van der Waals surface area contributed by atoms with Crippen molar-refractivity contribution in [2.24, 2.45) is 0 Å². The van der Waals surface area contributed by atoms with Crippen LogP contribution in [0.3, 0.4) is 0 Å². The van der Waals surface area contributed by atoms with Gasteiger partial charge in [0.1, 0.15) is 15.9 Å². The quantitative estimate of drug-likeness (QED) is 0.510. The summed E-state index contributed by atoms with van der Waals surface area (Å²) < 4.78 is 23.1. The average Bonchev–Trinajstić information content (AvgIpc) is 3.15. The smallest absolute Gasteiger partial charge is 0.326 e. The zero-order chi connectivity index (χ0) is 25.8. The minimum Gasteiger partial charge on any atom is -0.480 e. The first kappa shape index (κ1) is 26.9. The molecular weight excluding hydrogens is 464 g/mol. The zero-order valence-corrected chi connectivity index (χ0v) is 21.8. The first-order valence-corrected chi connectivity index (χ1v) is 14.2. The minimum atomic E-state index is -3.36. The second-order valence-electron chi connectivity index (χ2n) is 9.64. The molecule has 190 valence electrons. The van der Waals surface area contributed by atoms with Crippen LogP contribution >= 0.6 is 0 Å². The standard InChI is InChI=1S/C27H36N2O5S/c1-5-21-12-10-19(3)29(21)17-20-11-13-23(24(16-20)22-9-7-6-8-18(22)2)26(30)28-25(27(31)32)14-15-35(4,33)34/h6-9,11,13,16,19,21,25H,5,10,12,14-15,17H2,1-4H3,(H,28,30)(H,31,32)/t19?,21-,25?/m0/s1. The van der Waals surface area contributed by atoms with E-state index in [9.17, 15) is 23.1 Å². The number of carboxylic acid groups (broad SMARTS) is 1. The van der Waals surface area contributed by atoms with Crippen LogP contribution in [0.1, 0.15) is 61.0 Å². The average molecular weight is 501 g/mol. The summed E-state index contributed by atoms with van der Waals surface area (Å²) in [5.41, 5.74) is 4.12. The molecule has 2 aromatic rings. The number of nitrogens with one attached hydrogen (secondary N) is 1. The summed E-state index contributed by atoms with van der Waals surface area (Å²) in [6.45, 7) is 7.23. The molecule has 3 rings (SSSR count). The van der Waals surface area contributed by atoms with Crippen molar-refractivity contribution in [3.8, 4) is 11.1 Å². The predicted octanol–water partition coefficient (Wildman–Crippen LogP) is 4.04. The topological polar surface area (TPSA) is 104 Å². The minimum absolute atomic E-state index is 0.192. The van der Waals surface area contributed by atoms with E-state index in [1.54, 1.807) is 6.07 Å². The maximum absolute atomic E-state index is 13.3. The van der Waals surface area contributed by atoms with Gasteiger partial charge in [-0.1, -0.05) is 37.3 Å². The Morgan fingerprint density at radius 1 is 1.14 bits per heavy atom. The molecule has 0 spiro atoms. The summed E-state index contributed by atoms with van der Waals surface area (Å²) in [6, 6.07) is 13.2. The number of aliphatic carboxylic acids is 1. The van der Waals surface area contributed by atoms with Crippen LogP contribution in [-0.4, -0.2) is 60.4 Å². The van der Waals surface area contributed by atoms with Crippen LogP contribution in [0.4, 0.5) is 0 Å². The van der Waals surface area contributed by atoms with E-state index in [2.05, 4.69) is 24.1 Å². The van der Waals surface area contributed by atoms with Gasteiger partial charge in [-0.25, -0.2) is 13.2 Å². The van der Waals surface area contributed by atoms with E-state index >= 15 is 0 Å². The Morgan fingerprint density at radius 2 is 1.86 bits per heavy atom. The second-order valence-corrected chi connectivity index (χ2v) is 11.9. The van der Waals surface area contributed by atoms with Gasteiger partial charge in [-0.05, 0) is 73.9 Å². The lowest BCUT2D eigenvalue weighted by Gasteiger charge is -2.28.